The molecular formula is C15H19N5O3. The molecule has 0 aliphatic rings. The fraction of sp³-hybridized carbons (Fsp3) is 0.333. The van der Waals surface area contributed by atoms with E-state index in [1.54, 1.807) is 0 Å². The predicted octanol–water partition coefficient (Wildman–Crippen LogP) is 2.05. The van der Waals surface area contributed by atoms with Crippen LogP contribution in [0.1, 0.15) is 26.6 Å². The Morgan fingerprint density at radius 3 is 2.52 bits per heavy atom. The van der Waals surface area contributed by atoms with E-state index in [1.165, 1.54) is 6.92 Å². The van der Waals surface area contributed by atoms with Gasteiger partial charge in [-0.05, 0) is 38.1 Å². The van der Waals surface area contributed by atoms with Crippen LogP contribution in [-0.2, 0) is 16.1 Å². The number of carbonyl (C=O) groups excluding carboxylic acids is 1. The van der Waals surface area contributed by atoms with Gasteiger partial charge in [0.15, 0.2) is 12.4 Å². The van der Waals surface area contributed by atoms with Gasteiger partial charge in [0.2, 0.25) is 11.9 Å². The molecule has 8 heteroatoms. The molecule has 3 N–H and O–H groups in total. The lowest BCUT2D eigenvalue weighted by atomic mass is 10.3. The van der Waals surface area contributed by atoms with Gasteiger partial charge in [0.25, 0.3) is 0 Å². The van der Waals surface area contributed by atoms with Crippen LogP contribution >= 0.6 is 0 Å². The average Bonchev–Trinajstić information content (AvgIpc) is 2.46. The number of nitrogens with two attached hydrogens (primary N) is 1. The maximum atomic E-state index is 10.8. The molecule has 1 aromatic heterocycles. The maximum absolute atomic E-state index is 10.8. The maximum Gasteiger partial charge on any atom is 0.303 e. The molecule has 122 valence electrons. The number of nitrogens with one attached hydrogen (secondary N) is 1. The van der Waals surface area contributed by atoms with Gasteiger partial charge < -0.3 is 20.5 Å². The van der Waals surface area contributed by atoms with Crippen molar-refractivity contribution in [2.75, 3.05) is 11.1 Å². The number of nitrogens with zero attached hydrogens (tertiary/aromatic N) is 3. The van der Waals surface area contributed by atoms with E-state index >= 15 is 0 Å². The van der Waals surface area contributed by atoms with Gasteiger partial charge in [-0.1, -0.05) is 0 Å². The van der Waals surface area contributed by atoms with E-state index in [1.807, 2.05) is 38.1 Å². The number of carbonyl (C=O) groups is 1. The van der Waals surface area contributed by atoms with Gasteiger partial charge in [-0.2, -0.15) is 15.0 Å². The molecule has 0 saturated carbocycles. The summed E-state index contributed by atoms with van der Waals surface area (Å²) in [4.78, 5) is 22.9. The molecule has 1 aromatic carbocycles. The van der Waals surface area contributed by atoms with Crippen molar-refractivity contribution in [3.8, 4) is 5.75 Å². The molecule has 23 heavy (non-hydrogen) atoms. The van der Waals surface area contributed by atoms with Crippen molar-refractivity contribution in [1.29, 1.82) is 0 Å². The molecule has 0 saturated heterocycles. The molecule has 2 rings (SSSR count). The summed E-state index contributed by atoms with van der Waals surface area (Å²) in [6.07, 6.45) is 0.112. The Morgan fingerprint density at radius 2 is 1.91 bits per heavy atom. The van der Waals surface area contributed by atoms with Gasteiger partial charge >= 0.3 is 5.97 Å². The van der Waals surface area contributed by atoms with Crippen molar-refractivity contribution < 1.29 is 14.3 Å². The van der Waals surface area contributed by atoms with Crippen LogP contribution in [0.5, 0.6) is 5.75 Å². The summed E-state index contributed by atoms with van der Waals surface area (Å²) in [6, 6.07) is 7.35. The number of anilines is 3. The molecule has 0 aliphatic heterocycles. The Labute approximate surface area is 134 Å². The largest absolute Gasteiger partial charge is 0.491 e. The highest BCUT2D eigenvalue weighted by Crippen LogP contribution is 2.19. The standard InChI is InChI=1S/C15H19N5O3/c1-9(2)23-12-6-4-11(5-7-12)17-15-19-13(8-22-10(3)21)18-14(16)20-15/h4-7,9H,8H2,1-3H3,(H3,16,17,18,19,20). The highest BCUT2D eigenvalue weighted by molar-refractivity contribution is 5.65. The molecule has 0 unspecified atom stereocenters. The normalized spacial score (nSPS) is 10.4. The number of hydrogen-bond acceptors (Lipinski definition) is 8. The minimum atomic E-state index is -0.417. The van der Waals surface area contributed by atoms with Crippen LogP contribution in [0.3, 0.4) is 0 Å². The number of benzene rings is 1. The minimum absolute atomic E-state index is 0.0458. The molecule has 1 heterocycles. The van der Waals surface area contributed by atoms with Gasteiger partial charge in [0.05, 0.1) is 6.10 Å². The van der Waals surface area contributed by atoms with Crippen molar-refractivity contribution >= 4 is 23.6 Å². The summed E-state index contributed by atoms with van der Waals surface area (Å²) in [6.45, 7) is 5.18. The third-order valence-corrected chi connectivity index (χ3v) is 2.59. The molecule has 0 radical (unpaired) electrons. The number of ether oxygens (including phenoxy) is 2. The van der Waals surface area contributed by atoms with Crippen LogP contribution in [0, 0.1) is 0 Å². The highest BCUT2D eigenvalue weighted by atomic mass is 16.5. The Balaban J connectivity index is 2.08. The van der Waals surface area contributed by atoms with E-state index in [0.29, 0.717) is 0 Å². The van der Waals surface area contributed by atoms with Crippen molar-refractivity contribution in [3.05, 3.63) is 30.1 Å². The molecule has 0 amide bonds. The van der Waals surface area contributed by atoms with Crippen LogP contribution in [0.25, 0.3) is 0 Å². The Hall–Kier alpha value is -2.90. The van der Waals surface area contributed by atoms with E-state index in [9.17, 15) is 4.79 Å². The molecule has 0 atom stereocenters. The van der Waals surface area contributed by atoms with Gasteiger partial charge in [0, 0.05) is 12.6 Å². The van der Waals surface area contributed by atoms with Crippen LogP contribution in [0.4, 0.5) is 17.6 Å². The number of hydrogen-bond donors (Lipinski definition) is 2. The first-order chi connectivity index (χ1) is 10.9. The number of rotatable bonds is 6. The van der Waals surface area contributed by atoms with Gasteiger partial charge in [-0.3, -0.25) is 4.79 Å². The number of esters is 1. The SMILES string of the molecule is CC(=O)OCc1nc(N)nc(Nc2ccc(OC(C)C)cc2)n1. The highest BCUT2D eigenvalue weighted by Gasteiger charge is 2.07. The van der Waals surface area contributed by atoms with Crippen molar-refractivity contribution in [1.82, 2.24) is 15.0 Å². The third-order valence-electron chi connectivity index (χ3n) is 2.59. The Bertz CT molecular complexity index is 673. The zero-order valence-corrected chi connectivity index (χ0v) is 13.2. The topological polar surface area (TPSA) is 112 Å². The summed E-state index contributed by atoms with van der Waals surface area (Å²) < 4.78 is 10.4. The number of aromatic nitrogens is 3. The van der Waals surface area contributed by atoms with Crippen LogP contribution in [-0.4, -0.2) is 27.0 Å². The Kier molecular flexibility index (Phi) is 5.29. The summed E-state index contributed by atoms with van der Waals surface area (Å²) in [5.74, 6) is 0.951. The lowest BCUT2D eigenvalue weighted by Crippen LogP contribution is -2.09. The lowest BCUT2D eigenvalue weighted by Gasteiger charge is -2.11. The first kappa shape index (κ1) is 16.5. The van der Waals surface area contributed by atoms with Crippen LogP contribution < -0.4 is 15.8 Å². The van der Waals surface area contributed by atoms with E-state index in [2.05, 4.69) is 20.3 Å². The number of nitrogen functional groups attached to an aromatic ring is 1. The first-order valence-corrected chi connectivity index (χ1v) is 7.10. The second kappa shape index (κ2) is 7.39. The van der Waals surface area contributed by atoms with Gasteiger partial charge in [-0.15, -0.1) is 0 Å². The van der Waals surface area contributed by atoms with Gasteiger partial charge in [0.1, 0.15) is 5.75 Å². The molecular weight excluding hydrogens is 298 g/mol. The smallest absolute Gasteiger partial charge is 0.303 e. The second-order valence-electron chi connectivity index (χ2n) is 5.03. The van der Waals surface area contributed by atoms with Crippen molar-refractivity contribution in [3.63, 3.8) is 0 Å². The summed E-state index contributed by atoms with van der Waals surface area (Å²) in [5.41, 5.74) is 6.40. The average molecular weight is 317 g/mol. The van der Waals surface area contributed by atoms with Crippen LogP contribution in [0.2, 0.25) is 0 Å². The molecule has 0 fully saturated rings. The zero-order chi connectivity index (χ0) is 16.8. The Morgan fingerprint density at radius 1 is 1.22 bits per heavy atom. The third kappa shape index (κ3) is 5.42. The van der Waals surface area contributed by atoms with E-state index in [-0.39, 0.29) is 30.4 Å². The molecule has 0 spiro atoms. The first-order valence-electron chi connectivity index (χ1n) is 7.10. The van der Waals surface area contributed by atoms with Crippen molar-refractivity contribution in [2.45, 2.75) is 33.5 Å². The predicted molar refractivity (Wildman–Crippen MR) is 85.2 cm³/mol. The molecule has 0 aliphatic carbocycles. The van der Waals surface area contributed by atoms with E-state index in [0.717, 1.165) is 11.4 Å². The summed E-state index contributed by atoms with van der Waals surface area (Å²) >= 11 is 0. The summed E-state index contributed by atoms with van der Waals surface area (Å²) in [7, 11) is 0. The zero-order valence-electron chi connectivity index (χ0n) is 13.2. The fourth-order valence-corrected chi connectivity index (χ4v) is 1.74. The quantitative estimate of drug-likeness (QED) is 0.778. The molecule has 8 nitrogen and oxygen atoms in total. The lowest BCUT2D eigenvalue weighted by molar-refractivity contribution is -0.142. The van der Waals surface area contributed by atoms with E-state index in [4.69, 9.17) is 15.2 Å². The molecule has 0 bridgehead atoms. The summed E-state index contributed by atoms with van der Waals surface area (Å²) in [5, 5.41) is 3.02. The van der Waals surface area contributed by atoms with Crippen LogP contribution in [0.15, 0.2) is 24.3 Å². The van der Waals surface area contributed by atoms with Crippen molar-refractivity contribution in [2.24, 2.45) is 0 Å². The van der Waals surface area contributed by atoms with E-state index < -0.39 is 5.97 Å². The van der Waals surface area contributed by atoms with Gasteiger partial charge in [-0.25, -0.2) is 0 Å². The minimum Gasteiger partial charge on any atom is -0.491 e. The molecule has 2 aromatic rings. The fourth-order valence-electron chi connectivity index (χ4n) is 1.74. The second-order valence-corrected chi connectivity index (χ2v) is 5.03. The monoisotopic (exact) mass is 317 g/mol.